The van der Waals surface area contributed by atoms with Gasteiger partial charge in [-0.05, 0) is 6.07 Å². The molecule has 0 atom stereocenters. The van der Waals surface area contributed by atoms with Crippen molar-refractivity contribution in [3.05, 3.63) is 68.1 Å². The Morgan fingerprint density at radius 1 is 1.29 bits per heavy atom. The molecule has 0 aliphatic carbocycles. The van der Waals surface area contributed by atoms with E-state index in [2.05, 4.69) is 0 Å². The van der Waals surface area contributed by atoms with Crippen LogP contribution in [0.5, 0.6) is 0 Å². The van der Waals surface area contributed by atoms with Crippen LogP contribution in [0.3, 0.4) is 0 Å². The molecule has 6 nitrogen and oxygen atoms in total. The summed E-state index contributed by atoms with van der Waals surface area (Å²) in [5.41, 5.74) is -0.405. The molecule has 0 aliphatic rings. The van der Waals surface area contributed by atoms with Crippen LogP contribution < -0.4 is 11.2 Å². The number of furan rings is 1. The standard InChI is InChI=1S/C14H9ClN2O4/c15-10-5-17(14(20)16-13(10)19)6-11(18)9-7-21-12-4-2-1-3-8(9)12/h1-5,7H,6H2,(H,16,19,20). The molecular weight excluding hydrogens is 296 g/mol. The summed E-state index contributed by atoms with van der Waals surface area (Å²) >= 11 is 5.66. The number of para-hydroxylation sites is 1. The first-order valence-electron chi connectivity index (χ1n) is 6.05. The van der Waals surface area contributed by atoms with Gasteiger partial charge in [-0.15, -0.1) is 0 Å². The lowest BCUT2D eigenvalue weighted by atomic mass is 10.1. The number of carbonyl (C=O) groups is 1. The second-order valence-electron chi connectivity index (χ2n) is 4.43. The van der Waals surface area contributed by atoms with Crippen LogP contribution in [0.2, 0.25) is 5.02 Å². The molecule has 0 saturated heterocycles. The number of carbonyl (C=O) groups excluding carboxylic acids is 1. The third-order valence-electron chi connectivity index (χ3n) is 3.06. The van der Waals surface area contributed by atoms with Gasteiger partial charge in [0.1, 0.15) is 16.9 Å². The van der Waals surface area contributed by atoms with E-state index in [0.717, 1.165) is 10.8 Å². The lowest BCUT2D eigenvalue weighted by Gasteiger charge is -2.03. The fourth-order valence-electron chi connectivity index (χ4n) is 2.03. The molecule has 0 unspecified atom stereocenters. The number of aromatic nitrogens is 2. The van der Waals surface area contributed by atoms with E-state index in [-0.39, 0.29) is 17.4 Å². The summed E-state index contributed by atoms with van der Waals surface area (Å²) < 4.78 is 6.34. The van der Waals surface area contributed by atoms with Crippen molar-refractivity contribution < 1.29 is 9.21 Å². The van der Waals surface area contributed by atoms with E-state index in [1.54, 1.807) is 24.3 Å². The van der Waals surface area contributed by atoms with Crippen molar-refractivity contribution in [2.75, 3.05) is 0 Å². The summed E-state index contributed by atoms with van der Waals surface area (Å²) in [5, 5.41) is 0.519. The fourth-order valence-corrected chi connectivity index (χ4v) is 2.20. The summed E-state index contributed by atoms with van der Waals surface area (Å²) in [4.78, 5) is 37.1. The monoisotopic (exact) mass is 304 g/mol. The number of nitrogens with zero attached hydrogens (tertiary/aromatic N) is 1. The molecule has 0 radical (unpaired) electrons. The van der Waals surface area contributed by atoms with Crippen molar-refractivity contribution in [1.29, 1.82) is 0 Å². The van der Waals surface area contributed by atoms with Crippen LogP contribution in [-0.4, -0.2) is 15.3 Å². The van der Waals surface area contributed by atoms with Gasteiger partial charge < -0.3 is 4.42 Å². The van der Waals surface area contributed by atoms with E-state index in [4.69, 9.17) is 16.0 Å². The van der Waals surface area contributed by atoms with E-state index in [9.17, 15) is 14.4 Å². The zero-order valence-electron chi connectivity index (χ0n) is 10.6. The minimum Gasteiger partial charge on any atom is -0.464 e. The number of halogens is 1. The van der Waals surface area contributed by atoms with Crippen molar-refractivity contribution in [2.24, 2.45) is 0 Å². The lowest BCUT2D eigenvalue weighted by molar-refractivity contribution is 0.0971. The summed E-state index contributed by atoms with van der Waals surface area (Å²) in [6.07, 6.45) is 2.49. The fraction of sp³-hybridized carbons (Fsp3) is 0.0714. The number of hydrogen-bond acceptors (Lipinski definition) is 4. The Labute approximate surface area is 122 Å². The summed E-state index contributed by atoms with van der Waals surface area (Å²) in [6, 6.07) is 7.09. The van der Waals surface area contributed by atoms with Gasteiger partial charge >= 0.3 is 5.69 Å². The molecule has 2 heterocycles. The summed E-state index contributed by atoms with van der Waals surface area (Å²) in [6.45, 7) is -0.237. The molecule has 3 rings (SSSR count). The van der Waals surface area contributed by atoms with Gasteiger partial charge in [-0.25, -0.2) is 4.79 Å². The lowest BCUT2D eigenvalue weighted by Crippen LogP contribution is -2.31. The topological polar surface area (TPSA) is 85.1 Å². The predicted octanol–water partition coefficient (Wildman–Crippen LogP) is 1.82. The van der Waals surface area contributed by atoms with Crippen molar-refractivity contribution in [1.82, 2.24) is 9.55 Å². The molecule has 21 heavy (non-hydrogen) atoms. The molecule has 0 spiro atoms. The van der Waals surface area contributed by atoms with Crippen LogP contribution in [-0.2, 0) is 6.54 Å². The van der Waals surface area contributed by atoms with Gasteiger partial charge in [-0.3, -0.25) is 19.1 Å². The Morgan fingerprint density at radius 3 is 2.86 bits per heavy atom. The maximum absolute atomic E-state index is 12.3. The number of nitrogens with one attached hydrogen (secondary N) is 1. The zero-order chi connectivity index (χ0) is 15.0. The molecule has 0 aliphatic heterocycles. The van der Waals surface area contributed by atoms with Crippen molar-refractivity contribution in [2.45, 2.75) is 6.54 Å². The Balaban J connectivity index is 1.99. The average molecular weight is 305 g/mol. The van der Waals surface area contributed by atoms with Gasteiger partial charge in [-0.2, -0.15) is 0 Å². The number of Topliss-reactive ketones (excluding diaryl/α,β-unsaturated/α-hetero) is 1. The second-order valence-corrected chi connectivity index (χ2v) is 4.84. The first-order chi connectivity index (χ1) is 10.1. The highest BCUT2D eigenvalue weighted by Crippen LogP contribution is 2.21. The molecule has 0 amide bonds. The van der Waals surface area contributed by atoms with E-state index >= 15 is 0 Å². The van der Waals surface area contributed by atoms with Crippen molar-refractivity contribution >= 4 is 28.4 Å². The number of benzene rings is 1. The first kappa shape index (κ1) is 13.4. The smallest absolute Gasteiger partial charge is 0.328 e. The van der Waals surface area contributed by atoms with E-state index in [1.165, 1.54) is 6.26 Å². The average Bonchev–Trinajstić information content (AvgIpc) is 2.88. The highest BCUT2D eigenvalue weighted by Gasteiger charge is 2.15. The Hall–Kier alpha value is -2.60. The molecule has 1 aromatic carbocycles. The number of rotatable bonds is 3. The van der Waals surface area contributed by atoms with Gasteiger partial charge in [0.05, 0.1) is 12.1 Å². The minimum atomic E-state index is -0.689. The highest BCUT2D eigenvalue weighted by molar-refractivity contribution is 6.30. The molecule has 0 saturated carbocycles. The Bertz CT molecular complexity index is 951. The molecular formula is C14H9ClN2O4. The largest absolute Gasteiger partial charge is 0.464 e. The predicted molar refractivity (Wildman–Crippen MR) is 76.9 cm³/mol. The Morgan fingerprint density at radius 2 is 2.05 bits per heavy atom. The third-order valence-corrected chi connectivity index (χ3v) is 3.33. The maximum atomic E-state index is 12.3. The molecule has 1 N–H and O–H groups in total. The highest BCUT2D eigenvalue weighted by atomic mass is 35.5. The van der Waals surface area contributed by atoms with E-state index < -0.39 is 11.2 Å². The van der Waals surface area contributed by atoms with E-state index in [0.29, 0.717) is 16.5 Å². The minimum absolute atomic E-state index is 0.153. The molecule has 2 aromatic heterocycles. The SMILES string of the molecule is O=C(Cn1cc(Cl)c(=O)[nH]c1=O)c1coc2ccccc12. The number of aromatic amines is 1. The van der Waals surface area contributed by atoms with Crippen LogP contribution in [0, 0.1) is 0 Å². The summed E-state index contributed by atoms with van der Waals surface area (Å²) in [7, 11) is 0. The van der Waals surface area contributed by atoms with Gasteiger partial charge in [0.25, 0.3) is 5.56 Å². The first-order valence-corrected chi connectivity index (χ1v) is 6.43. The Kier molecular flexibility index (Phi) is 3.23. The number of fused-ring (bicyclic) bond motifs is 1. The molecule has 0 fully saturated rings. The maximum Gasteiger partial charge on any atom is 0.328 e. The number of H-pyrrole nitrogens is 1. The third kappa shape index (κ3) is 2.41. The van der Waals surface area contributed by atoms with Crippen LogP contribution in [0.15, 0.2) is 50.7 Å². The van der Waals surface area contributed by atoms with Gasteiger partial charge in [-0.1, -0.05) is 29.8 Å². The van der Waals surface area contributed by atoms with Crippen LogP contribution >= 0.6 is 11.6 Å². The van der Waals surface area contributed by atoms with Crippen molar-refractivity contribution in [3.8, 4) is 0 Å². The van der Waals surface area contributed by atoms with Gasteiger partial charge in [0.2, 0.25) is 0 Å². The molecule has 0 bridgehead atoms. The van der Waals surface area contributed by atoms with Crippen molar-refractivity contribution in [3.63, 3.8) is 0 Å². The van der Waals surface area contributed by atoms with Gasteiger partial charge in [0.15, 0.2) is 5.78 Å². The normalized spacial score (nSPS) is 10.9. The second kappa shape index (κ2) is 5.06. The van der Waals surface area contributed by atoms with Gasteiger partial charge in [0, 0.05) is 11.6 Å². The quantitative estimate of drug-likeness (QED) is 0.748. The number of hydrogen-bond donors (Lipinski definition) is 1. The van der Waals surface area contributed by atoms with E-state index in [1.807, 2.05) is 4.98 Å². The number of ketones is 1. The molecule has 3 aromatic rings. The summed E-state index contributed by atoms with van der Waals surface area (Å²) in [5.74, 6) is -0.315. The molecule has 7 heteroatoms. The van der Waals surface area contributed by atoms with Crippen LogP contribution in [0.1, 0.15) is 10.4 Å². The zero-order valence-corrected chi connectivity index (χ0v) is 11.4. The van der Waals surface area contributed by atoms with Crippen LogP contribution in [0.25, 0.3) is 11.0 Å². The molecule has 106 valence electrons. The van der Waals surface area contributed by atoms with Crippen LogP contribution in [0.4, 0.5) is 0 Å².